The summed E-state index contributed by atoms with van der Waals surface area (Å²) < 4.78 is 5.38. The smallest absolute Gasteiger partial charge is 0.0655 e. The van der Waals surface area contributed by atoms with Crippen LogP contribution in [0, 0.1) is 13.1 Å². The highest BCUT2D eigenvalue weighted by molar-refractivity contribution is 5.54. The van der Waals surface area contributed by atoms with Crippen LogP contribution in [0.25, 0.3) is 0 Å². The highest BCUT2D eigenvalue weighted by Crippen LogP contribution is 2.32. The number of nitrogens with zero attached hydrogens (tertiary/aromatic N) is 2. The average Bonchev–Trinajstić information content (AvgIpc) is 2.54. The first kappa shape index (κ1) is 15.0. The number of hydrogen-bond donors (Lipinski definition) is 0. The predicted molar refractivity (Wildman–Crippen MR) is 93.6 cm³/mol. The minimum absolute atomic E-state index is 0.646. The predicted octanol–water partition coefficient (Wildman–Crippen LogP) is 3.27. The highest BCUT2D eigenvalue weighted by atomic mass is 16.5. The van der Waals surface area contributed by atoms with Gasteiger partial charge < -0.3 is 9.64 Å². The zero-order chi connectivity index (χ0) is 15.6. The Bertz CT molecular complexity index is 618. The third kappa shape index (κ3) is 3.22. The molecule has 1 atom stereocenters. The summed E-state index contributed by atoms with van der Waals surface area (Å²) in [6.07, 6.45) is 12.2. The van der Waals surface area contributed by atoms with Crippen molar-refractivity contribution in [2.75, 3.05) is 37.7 Å². The van der Waals surface area contributed by atoms with Gasteiger partial charge in [-0.1, -0.05) is 18.2 Å². The lowest BCUT2D eigenvalue weighted by Gasteiger charge is -2.42. The third-order valence-electron chi connectivity index (χ3n) is 5.21. The molecule has 0 aromatic heterocycles. The van der Waals surface area contributed by atoms with Gasteiger partial charge in [0.15, 0.2) is 0 Å². The number of benzene rings is 1. The van der Waals surface area contributed by atoms with Crippen molar-refractivity contribution >= 4 is 5.69 Å². The van der Waals surface area contributed by atoms with Crippen molar-refractivity contribution in [1.82, 2.24) is 4.90 Å². The first-order chi connectivity index (χ1) is 11.3. The number of aryl methyl sites for hydroxylation is 1. The SMILES string of the molecule is Cc1cc(C2CCCN(C3COC3)C2)cc(N2[C]=CC=CC2)c1. The molecule has 0 aliphatic carbocycles. The Morgan fingerprint density at radius 3 is 2.87 bits per heavy atom. The van der Waals surface area contributed by atoms with Gasteiger partial charge in [-0.25, -0.2) is 0 Å². The molecule has 0 saturated carbocycles. The Morgan fingerprint density at radius 1 is 1.22 bits per heavy atom. The summed E-state index contributed by atoms with van der Waals surface area (Å²) in [6, 6.07) is 7.67. The van der Waals surface area contributed by atoms with Gasteiger partial charge in [0.1, 0.15) is 0 Å². The highest BCUT2D eigenvalue weighted by Gasteiger charge is 2.31. The van der Waals surface area contributed by atoms with E-state index in [4.69, 9.17) is 4.74 Å². The second-order valence-electron chi connectivity index (χ2n) is 6.96. The molecule has 2 saturated heterocycles. The topological polar surface area (TPSA) is 15.7 Å². The van der Waals surface area contributed by atoms with Crippen molar-refractivity contribution in [2.45, 2.75) is 31.7 Å². The van der Waals surface area contributed by atoms with Crippen molar-refractivity contribution in [3.63, 3.8) is 0 Å². The van der Waals surface area contributed by atoms with Crippen molar-refractivity contribution in [3.05, 3.63) is 53.8 Å². The molecule has 2 fully saturated rings. The van der Waals surface area contributed by atoms with E-state index in [0.717, 1.165) is 19.8 Å². The molecule has 3 heterocycles. The summed E-state index contributed by atoms with van der Waals surface area (Å²) in [7, 11) is 0. The second-order valence-corrected chi connectivity index (χ2v) is 6.96. The van der Waals surface area contributed by atoms with E-state index in [1.165, 1.54) is 42.7 Å². The van der Waals surface area contributed by atoms with E-state index in [0.29, 0.717) is 12.0 Å². The molecular formula is C20H25N2O. The van der Waals surface area contributed by atoms with Crippen LogP contribution in [0.4, 0.5) is 5.69 Å². The minimum Gasteiger partial charge on any atom is -0.378 e. The van der Waals surface area contributed by atoms with Gasteiger partial charge in [-0.2, -0.15) is 0 Å². The largest absolute Gasteiger partial charge is 0.378 e. The fourth-order valence-corrected chi connectivity index (χ4v) is 3.83. The van der Waals surface area contributed by atoms with Crippen LogP contribution < -0.4 is 4.90 Å². The third-order valence-corrected chi connectivity index (χ3v) is 5.21. The fraction of sp³-hybridized carbons (Fsp3) is 0.500. The summed E-state index contributed by atoms with van der Waals surface area (Å²) >= 11 is 0. The van der Waals surface area contributed by atoms with Gasteiger partial charge in [-0.05, 0) is 61.6 Å². The van der Waals surface area contributed by atoms with E-state index < -0.39 is 0 Å². The lowest BCUT2D eigenvalue weighted by atomic mass is 9.88. The molecule has 0 amide bonds. The Morgan fingerprint density at radius 2 is 2.13 bits per heavy atom. The molecule has 3 heteroatoms. The van der Waals surface area contributed by atoms with Gasteiger partial charge >= 0.3 is 0 Å². The lowest BCUT2D eigenvalue weighted by Crippen LogP contribution is -2.52. The van der Waals surface area contributed by atoms with E-state index in [9.17, 15) is 0 Å². The minimum atomic E-state index is 0.646. The monoisotopic (exact) mass is 309 g/mol. The number of piperidine rings is 1. The summed E-state index contributed by atoms with van der Waals surface area (Å²) in [5.41, 5.74) is 4.10. The zero-order valence-electron chi connectivity index (χ0n) is 13.9. The van der Waals surface area contributed by atoms with E-state index >= 15 is 0 Å². The second kappa shape index (κ2) is 6.50. The van der Waals surface area contributed by atoms with Crippen LogP contribution in [0.1, 0.15) is 29.9 Å². The van der Waals surface area contributed by atoms with Crippen LogP contribution in [-0.4, -0.2) is 43.8 Å². The maximum Gasteiger partial charge on any atom is 0.0655 e. The molecule has 3 nitrogen and oxygen atoms in total. The van der Waals surface area contributed by atoms with Crippen molar-refractivity contribution < 1.29 is 4.74 Å². The maximum atomic E-state index is 5.38. The standard InChI is InChI=1S/C20H25N2O/c1-16-10-18(12-19(11-16)21-7-3-2-4-8-21)17-6-5-9-22(13-17)20-14-23-15-20/h2-4,10-12,17,20H,5-7,9,13-15H2,1H3. The number of ether oxygens (including phenoxy) is 1. The normalized spacial score (nSPS) is 25.6. The van der Waals surface area contributed by atoms with E-state index in [1.54, 1.807) is 0 Å². The molecule has 121 valence electrons. The van der Waals surface area contributed by atoms with E-state index in [1.807, 2.05) is 6.08 Å². The molecule has 0 N–H and O–H groups in total. The van der Waals surface area contributed by atoms with Gasteiger partial charge in [0.2, 0.25) is 0 Å². The Kier molecular flexibility index (Phi) is 4.23. The molecule has 0 bridgehead atoms. The van der Waals surface area contributed by atoms with Gasteiger partial charge in [-0.15, -0.1) is 0 Å². The van der Waals surface area contributed by atoms with E-state index in [2.05, 4.69) is 53.3 Å². The first-order valence-corrected chi connectivity index (χ1v) is 8.75. The van der Waals surface area contributed by atoms with Gasteiger partial charge in [0.25, 0.3) is 0 Å². The van der Waals surface area contributed by atoms with Crippen LogP contribution in [0.15, 0.2) is 36.4 Å². The summed E-state index contributed by atoms with van der Waals surface area (Å²) in [5, 5.41) is 0. The summed E-state index contributed by atoms with van der Waals surface area (Å²) in [5.74, 6) is 0.646. The molecule has 3 aliphatic heterocycles. The van der Waals surface area contributed by atoms with Gasteiger partial charge in [-0.3, -0.25) is 4.90 Å². The molecule has 1 aromatic carbocycles. The Labute approximate surface area is 139 Å². The number of rotatable bonds is 3. The number of hydrogen-bond acceptors (Lipinski definition) is 3. The van der Waals surface area contributed by atoms with Gasteiger partial charge in [0.05, 0.1) is 25.5 Å². The molecule has 4 rings (SSSR count). The molecule has 3 aliphatic rings. The summed E-state index contributed by atoms with van der Waals surface area (Å²) in [6.45, 7) is 7.37. The maximum absolute atomic E-state index is 5.38. The van der Waals surface area contributed by atoms with Crippen molar-refractivity contribution in [1.29, 1.82) is 0 Å². The first-order valence-electron chi connectivity index (χ1n) is 8.75. The van der Waals surface area contributed by atoms with Crippen LogP contribution in [0.5, 0.6) is 0 Å². The van der Waals surface area contributed by atoms with Crippen LogP contribution in [-0.2, 0) is 4.74 Å². The Hall–Kier alpha value is -1.58. The average molecular weight is 309 g/mol. The molecule has 1 unspecified atom stereocenters. The van der Waals surface area contributed by atoms with Crippen LogP contribution in [0.2, 0.25) is 0 Å². The molecular weight excluding hydrogens is 284 g/mol. The molecule has 1 aromatic rings. The molecule has 0 spiro atoms. The quantitative estimate of drug-likeness (QED) is 0.852. The Balaban J connectivity index is 1.54. The molecule has 23 heavy (non-hydrogen) atoms. The van der Waals surface area contributed by atoms with Crippen molar-refractivity contribution in [2.24, 2.45) is 0 Å². The number of anilines is 1. The fourth-order valence-electron chi connectivity index (χ4n) is 3.83. The van der Waals surface area contributed by atoms with E-state index in [-0.39, 0.29) is 0 Å². The zero-order valence-corrected chi connectivity index (χ0v) is 13.9. The molecule has 1 radical (unpaired) electrons. The summed E-state index contributed by atoms with van der Waals surface area (Å²) in [4.78, 5) is 4.84. The van der Waals surface area contributed by atoms with Crippen LogP contribution in [0.3, 0.4) is 0 Å². The lowest BCUT2D eigenvalue weighted by molar-refractivity contribution is -0.0721. The van der Waals surface area contributed by atoms with Gasteiger partial charge in [0, 0.05) is 18.8 Å². The van der Waals surface area contributed by atoms with Crippen molar-refractivity contribution in [3.8, 4) is 0 Å². The number of likely N-dealkylation sites (tertiary alicyclic amines) is 1. The van der Waals surface area contributed by atoms with Crippen LogP contribution >= 0.6 is 0 Å². The number of allylic oxidation sites excluding steroid dienone is 2.